The van der Waals surface area contributed by atoms with Crippen LogP contribution in [0.2, 0.25) is 0 Å². The normalized spacial score (nSPS) is 14.9. The quantitative estimate of drug-likeness (QED) is 0.458. The molecule has 1 amide bonds. The van der Waals surface area contributed by atoms with Gasteiger partial charge in [-0.3, -0.25) is 9.69 Å². The summed E-state index contributed by atoms with van der Waals surface area (Å²) < 4.78 is 2.14. The molecule has 4 heteroatoms. The van der Waals surface area contributed by atoms with Crippen molar-refractivity contribution in [1.29, 1.82) is 0 Å². The molecule has 1 aromatic heterocycles. The summed E-state index contributed by atoms with van der Waals surface area (Å²) in [6.45, 7) is 5.73. The van der Waals surface area contributed by atoms with Crippen LogP contribution in [0, 0.1) is 6.92 Å². The second-order valence-electron chi connectivity index (χ2n) is 8.57. The van der Waals surface area contributed by atoms with Crippen molar-refractivity contribution in [3.8, 4) is 0 Å². The molecule has 0 N–H and O–H groups in total. The summed E-state index contributed by atoms with van der Waals surface area (Å²) in [4.78, 5) is 17.7. The fraction of sp³-hybridized carbons (Fsp3) is 0.250. The average Bonchev–Trinajstić information content (AvgIpc) is 3.16. The van der Waals surface area contributed by atoms with Gasteiger partial charge >= 0.3 is 0 Å². The van der Waals surface area contributed by atoms with Crippen molar-refractivity contribution >= 4 is 16.8 Å². The van der Waals surface area contributed by atoms with Crippen molar-refractivity contribution < 1.29 is 4.79 Å². The smallest absolute Gasteiger partial charge is 0.242 e. The van der Waals surface area contributed by atoms with E-state index in [2.05, 4.69) is 95.3 Å². The fourth-order valence-corrected chi connectivity index (χ4v) is 4.91. The second kappa shape index (κ2) is 9.01. The molecule has 3 aromatic carbocycles. The summed E-state index contributed by atoms with van der Waals surface area (Å²) in [5.41, 5.74) is 4.86. The Morgan fingerprint density at radius 3 is 1.97 bits per heavy atom. The van der Waals surface area contributed by atoms with E-state index in [1.807, 2.05) is 17.0 Å². The number of fused-ring (bicyclic) bond motifs is 1. The Bertz CT molecular complexity index is 1150. The first-order valence-electron chi connectivity index (χ1n) is 11.4. The number of carbonyl (C=O) groups excluding carboxylic acids is 1. The lowest BCUT2D eigenvalue weighted by Crippen LogP contribution is -2.50. The minimum atomic E-state index is 0.199. The zero-order valence-electron chi connectivity index (χ0n) is 18.5. The number of hydrogen-bond donors (Lipinski definition) is 0. The van der Waals surface area contributed by atoms with Crippen molar-refractivity contribution in [3.63, 3.8) is 0 Å². The molecule has 2 heterocycles. The highest BCUT2D eigenvalue weighted by molar-refractivity contribution is 5.84. The first-order chi connectivity index (χ1) is 15.7. The molecule has 4 aromatic rings. The zero-order chi connectivity index (χ0) is 21.9. The number of carbonyl (C=O) groups is 1. The number of aromatic nitrogens is 1. The average molecular weight is 424 g/mol. The number of hydrogen-bond acceptors (Lipinski definition) is 2. The van der Waals surface area contributed by atoms with Crippen molar-refractivity contribution in [1.82, 2.24) is 14.4 Å². The van der Waals surface area contributed by atoms with Gasteiger partial charge in [-0.15, -0.1) is 0 Å². The predicted octanol–water partition coefficient (Wildman–Crippen LogP) is 4.88. The molecular weight excluding hydrogens is 394 g/mol. The van der Waals surface area contributed by atoms with E-state index in [1.165, 1.54) is 16.5 Å². The summed E-state index contributed by atoms with van der Waals surface area (Å²) in [5, 5.41) is 1.19. The maximum absolute atomic E-state index is 13.2. The van der Waals surface area contributed by atoms with E-state index in [0.29, 0.717) is 6.54 Å². The fourth-order valence-electron chi connectivity index (χ4n) is 4.91. The lowest BCUT2D eigenvalue weighted by molar-refractivity contribution is -0.133. The highest BCUT2D eigenvalue weighted by Gasteiger charge is 2.28. The van der Waals surface area contributed by atoms with E-state index in [4.69, 9.17) is 0 Å². The van der Waals surface area contributed by atoms with Gasteiger partial charge < -0.3 is 9.47 Å². The molecule has 162 valence electrons. The lowest BCUT2D eigenvalue weighted by atomic mass is 9.96. The minimum Gasteiger partial charge on any atom is -0.339 e. The van der Waals surface area contributed by atoms with Gasteiger partial charge in [-0.2, -0.15) is 0 Å². The Kier molecular flexibility index (Phi) is 5.78. The number of aryl methyl sites for hydroxylation is 1. The highest BCUT2D eigenvalue weighted by atomic mass is 16.2. The number of para-hydroxylation sites is 1. The van der Waals surface area contributed by atoms with Crippen LogP contribution in [-0.2, 0) is 11.3 Å². The Labute approximate surface area is 189 Å². The molecule has 1 aliphatic rings. The van der Waals surface area contributed by atoms with E-state index in [0.717, 1.165) is 37.4 Å². The molecule has 0 atom stereocenters. The number of benzene rings is 3. The molecule has 0 radical (unpaired) electrons. The standard InChI is InChI=1S/C28H29N3O/c1-22-20-25-14-8-9-15-26(25)31(22)21-27(32)29-16-18-30(19-17-29)28(23-10-4-2-5-11-23)24-12-6-3-7-13-24/h2-15,20,28H,16-19,21H2,1H3. The summed E-state index contributed by atoms with van der Waals surface area (Å²) >= 11 is 0. The molecule has 1 aliphatic heterocycles. The first kappa shape index (κ1) is 20.5. The van der Waals surface area contributed by atoms with Gasteiger partial charge in [0.25, 0.3) is 0 Å². The molecule has 1 fully saturated rings. The van der Waals surface area contributed by atoms with Crippen LogP contribution < -0.4 is 0 Å². The summed E-state index contributed by atoms with van der Waals surface area (Å²) in [6, 6.07) is 32.0. The van der Waals surface area contributed by atoms with Gasteiger partial charge in [-0.05, 0) is 35.6 Å². The third-order valence-corrected chi connectivity index (χ3v) is 6.57. The van der Waals surface area contributed by atoms with Crippen molar-refractivity contribution in [2.75, 3.05) is 26.2 Å². The number of amides is 1. The topological polar surface area (TPSA) is 28.5 Å². The Hall–Kier alpha value is -3.37. The monoisotopic (exact) mass is 423 g/mol. The van der Waals surface area contributed by atoms with Crippen LogP contribution in [0.5, 0.6) is 0 Å². The van der Waals surface area contributed by atoms with E-state index < -0.39 is 0 Å². The maximum Gasteiger partial charge on any atom is 0.242 e. The Morgan fingerprint density at radius 1 is 0.781 bits per heavy atom. The third-order valence-electron chi connectivity index (χ3n) is 6.57. The van der Waals surface area contributed by atoms with Gasteiger partial charge in [0.05, 0.1) is 6.04 Å². The summed E-state index contributed by atoms with van der Waals surface area (Å²) in [7, 11) is 0. The van der Waals surface area contributed by atoms with Crippen LogP contribution >= 0.6 is 0 Å². The van der Waals surface area contributed by atoms with Gasteiger partial charge in [-0.1, -0.05) is 78.9 Å². The Morgan fingerprint density at radius 2 is 1.34 bits per heavy atom. The van der Waals surface area contributed by atoms with Crippen LogP contribution in [0.1, 0.15) is 22.9 Å². The van der Waals surface area contributed by atoms with Crippen LogP contribution in [0.25, 0.3) is 10.9 Å². The van der Waals surface area contributed by atoms with E-state index in [-0.39, 0.29) is 11.9 Å². The van der Waals surface area contributed by atoms with Crippen molar-refractivity contribution in [2.24, 2.45) is 0 Å². The van der Waals surface area contributed by atoms with Gasteiger partial charge in [0.2, 0.25) is 5.91 Å². The predicted molar refractivity (Wildman–Crippen MR) is 130 cm³/mol. The molecule has 32 heavy (non-hydrogen) atoms. The molecule has 0 bridgehead atoms. The minimum absolute atomic E-state index is 0.199. The van der Waals surface area contributed by atoms with Gasteiger partial charge in [0.15, 0.2) is 0 Å². The van der Waals surface area contributed by atoms with Crippen molar-refractivity contribution in [2.45, 2.75) is 19.5 Å². The maximum atomic E-state index is 13.2. The molecule has 0 saturated carbocycles. The molecular formula is C28H29N3O. The van der Waals surface area contributed by atoms with Crippen molar-refractivity contribution in [3.05, 3.63) is 108 Å². The lowest BCUT2D eigenvalue weighted by Gasteiger charge is -2.40. The second-order valence-corrected chi connectivity index (χ2v) is 8.57. The number of nitrogens with zero attached hydrogens (tertiary/aromatic N) is 3. The van der Waals surface area contributed by atoms with E-state index >= 15 is 0 Å². The van der Waals surface area contributed by atoms with Gasteiger partial charge in [0, 0.05) is 37.4 Å². The molecule has 0 unspecified atom stereocenters. The molecule has 0 spiro atoms. The molecule has 0 aliphatic carbocycles. The van der Waals surface area contributed by atoms with Crippen LogP contribution in [0.4, 0.5) is 0 Å². The number of piperazine rings is 1. The first-order valence-corrected chi connectivity index (χ1v) is 11.4. The van der Waals surface area contributed by atoms with E-state index in [9.17, 15) is 4.79 Å². The molecule has 1 saturated heterocycles. The van der Waals surface area contributed by atoms with Gasteiger partial charge in [0.1, 0.15) is 6.54 Å². The van der Waals surface area contributed by atoms with Crippen LogP contribution in [-0.4, -0.2) is 46.5 Å². The van der Waals surface area contributed by atoms with Crippen LogP contribution in [0.3, 0.4) is 0 Å². The third kappa shape index (κ3) is 4.06. The van der Waals surface area contributed by atoms with E-state index in [1.54, 1.807) is 0 Å². The van der Waals surface area contributed by atoms with Crippen LogP contribution in [0.15, 0.2) is 91.0 Å². The highest BCUT2D eigenvalue weighted by Crippen LogP contribution is 2.29. The summed E-state index contributed by atoms with van der Waals surface area (Å²) in [6.07, 6.45) is 0. The summed E-state index contributed by atoms with van der Waals surface area (Å²) in [5.74, 6) is 0.199. The molecule has 5 rings (SSSR count). The number of rotatable bonds is 5. The van der Waals surface area contributed by atoms with Gasteiger partial charge in [-0.25, -0.2) is 0 Å². The zero-order valence-corrected chi connectivity index (χ0v) is 18.5. The largest absolute Gasteiger partial charge is 0.339 e. The molecule has 4 nitrogen and oxygen atoms in total. The Balaban J connectivity index is 1.30. The SMILES string of the molecule is Cc1cc2ccccc2n1CC(=O)N1CCN(C(c2ccccc2)c2ccccc2)CC1.